The van der Waals surface area contributed by atoms with Gasteiger partial charge < -0.3 is 10.2 Å². The van der Waals surface area contributed by atoms with Gasteiger partial charge in [0.05, 0.1) is 5.52 Å². The zero-order valence-corrected chi connectivity index (χ0v) is 20.8. The van der Waals surface area contributed by atoms with Crippen LogP contribution in [0.4, 0.5) is 11.8 Å². The van der Waals surface area contributed by atoms with Gasteiger partial charge in [-0.3, -0.25) is 4.72 Å². The molecule has 1 saturated carbocycles. The molecule has 1 aromatic heterocycles. The molecule has 0 atom stereocenters. The van der Waals surface area contributed by atoms with Crippen LogP contribution in [0.1, 0.15) is 39.0 Å². The smallest absolute Gasteiger partial charge is 0.225 e. The van der Waals surface area contributed by atoms with E-state index < -0.39 is 0 Å². The molecule has 32 heavy (non-hydrogen) atoms. The normalized spacial score (nSPS) is 14.0. The lowest BCUT2D eigenvalue weighted by Crippen LogP contribution is -2.21. The van der Waals surface area contributed by atoms with Crippen LogP contribution in [-0.2, 0) is 0 Å². The van der Waals surface area contributed by atoms with Crippen molar-refractivity contribution in [1.82, 2.24) is 14.7 Å². The van der Waals surface area contributed by atoms with E-state index in [1.807, 2.05) is 43.4 Å². The first-order chi connectivity index (χ1) is 15.6. The van der Waals surface area contributed by atoms with Gasteiger partial charge in [-0.2, -0.15) is 4.98 Å². The highest BCUT2D eigenvalue weighted by atomic mass is 35.5. The van der Waals surface area contributed by atoms with Crippen LogP contribution in [0.3, 0.4) is 0 Å². The van der Waals surface area contributed by atoms with Crippen molar-refractivity contribution in [1.29, 1.82) is 0 Å². The largest absolute Gasteiger partial charge is 0.359 e. The zero-order chi connectivity index (χ0) is 22.8. The highest BCUT2D eigenvalue weighted by Crippen LogP contribution is 2.26. The minimum atomic E-state index is 0.763. The summed E-state index contributed by atoms with van der Waals surface area (Å²) in [6.07, 6.45) is 6.81. The van der Waals surface area contributed by atoms with E-state index in [0.29, 0.717) is 0 Å². The maximum absolute atomic E-state index is 5.74. The minimum Gasteiger partial charge on any atom is -0.359 e. The van der Waals surface area contributed by atoms with Gasteiger partial charge in [0, 0.05) is 35.4 Å². The first kappa shape index (κ1) is 24.6. The predicted octanol–water partition coefficient (Wildman–Crippen LogP) is 6.64. The fraction of sp³-hybridized carbons (Fsp3) is 0.440. The van der Waals surface area contributed by atoms with Gasteiger partial charge in [0.15, 0.2) is 0 Å². The summed E-state index contributed by atoms with van der Waals surface area (Å²) in [5.41, 5.74) is 1.01. The van der Waals surface area contributed by atoms with Gasteiger partial charge in [0.25, 0.3) is 0 Å². The van der Waals surface area contributed by atoms with Crippen LogP contribution in [0.2, 0.25) is 5.02 Å². The molecule has 0 spiro atoms. The van der Waals surface area contributed by atoms with Crippen molar-refractivity contribution in [2.24, 2.45) is 5.92 Å². The summed E-state index contributed by atoms with van der Waals surface area (Å²) >= 11 is 7.29. The molecule has 0 saturated heterocycles. The van der Waals surface area contributed by atoms with Crippen LogP contribution in [0.5, 0.6) is 0 Å². The Labute approximate surface area is 201 Å². The summed E-state index contributed by atoms with van der Waals surface area (Å²) in [6, 6.07) is 16.0. The van der Waals surface area contributed by atoms with Crippen molar-refractivity contribution in [3.8, 4) is 0 Å². The van der Waals surface area contributed by atoms with Crippen LogP contribution in [0.15, 0.2) is 53.4 Å². The Hall–Kier alpha value is -2.02. The van der Waals surface area contributed by atoms with Crippen LogP contribution in [0, 0.1) is 5.92 Å². The molecule has 1 heterocycles. The van der Waals surface area contributed by atoms with Crippen LogP contribution in [0.25, 0.3) is 10.9 Å². The van der Waals surface area contributed by atoms with Gasteiger partial charge in [0.1, 0.15) is 5.82 Å². The predicted molar refractivity (Wildman–Crippen MR) is 140 cm³/mol. The minimum absolute atomic E-state index is 0.763. The number of nitrogens with one attached hydrogen (secondary N) is 2. The second-order valence-corrected chi connectivity index (χ2v) is 9.57. The number of hydrogen-bond donors (Lipinski definition) is 2. The monoisotopic (exact) mass is 471 g/mol. The average Bonchev–Trinajstić information content (AvgIpc) is 2.83. The number of rotatable bonds is 7. The molecule has 0 unspecified atom stereocenters. The Balaban J connectivity index is 0.000000243. The number of halogens is 1. The molecule has 172 valence electrons. The Morgan fingerprint density at radius 2 is 1.84 bits per heavy atom. The number of para-hydroxylation sites is 1. The fourth-order valence-corrected chi connectivity index (χ4v) is 4.68. The van der Waals surface area contributed by atoms with Crippen molar-refractivity contribution in [2.75, 3.05) is 37.4 Å². The molecule has 1 aliphatic rings. The summed E-state index contributed by atoms with van der Waals surface area (Å²) in [4.78, 5) is 12.8. The topological polar surface area (TPSA) is 53.1 Å². The molecule has 3 aromatic rings. The first-order valence-electron chi connectivity index (χ1n) is 11.4. The summed E-state index contributed by atoms with van der Waals surface area (Å²) in [7, 11) is 3.96. The molecule has 2 N–H and O–H groups in total. The number of nitrogens with zero attached hydrogens (tertiary/aromatic N) is 3. The SMILES string of the molecule is CCN(C)c1nc(NCC2CCCCC2)nc2ccccc12.CNSc1cccc(Cl)c1. The highest BCUT2D eigenvalue weighted by Gasteiger charge is 2.15. The van der Waals surface area contributed by atoms with Gasteiger partial charge in [-0.25, -0.2) is 4.98 Å². The van der Waals surface area contributed by atoms with E-state index in [4.69, 9.17) is 16.6 Å². The molecule has 4 rings (SSSR count). The second kappa shape index (κ2) is 12.9. The molecule has 1 aliphatic carbocycles. The second-order valence-electron chi connectivity index (χ2n) is 8.05. The van der Waals surface area contributed by atoms with Crippen LogP contribution in [-0.4, -0.2) is 37.2 Å². The lowest BCUT2D eigenvalue weighted by Gasteiger charge is -2.23. The van der Waals surface area contributed by atoms with Crippen molar-refractivity contribution in [2.45, 2.75) is 43.9 Å². The van der Waals surface area contributed by atoms with Crippen molar-refractivity contribution >= 4 is 46.2 Å². The lowest BCUT2D eigenvalue weighted by atomic mass is 9.89. The fourth-order valence-electron chi connectivity index (χ4n) is 3.85. The number of aromatic nitrogens is 2. The van der Waals surface area contributed by atoms with E-state index in [9.17, 15) is 0 Å². The van der Waals surface area contributed by atoms with E-state index in [-0.39, 0.29) is 0 Å². The van der Waals surface area contributed by atoms with E-state index in [2.05, 4.69) is 46.0 Å². The molecule has 0 bridgehead atoms. The molecule has 0 amide bonds. The van der Waals surface area contributed by atoms with Gasteiger partial charge in [0.2, 0.25) is 5.95 Å². The van der Waals surface area contributed by atoms with Gasteiger partial charge in [-0.15, -0.1) is 0 Å². The number of hydrogen-bond acceptors (Lipinski definition) is 6. The van der Waals surface area contributed by atoms with Crippen molar-refractivity contribution < 1.29 is 0 Å². The van der Waals surface area contributed by atoms with E-state index in [0.717, 1.165) is 51.6 Å². The van der Waals surface area contributed by atoms with E-state index >= 15 is 0 Å². The zero-order valence-electron chi connectivity index (χ0n) is 19.3. The summed E-state index contributed by atoms with van der Waals surface area (Å²) in [5, 5.41) is 5.38. The molecular weight excluding hydrogens is 438 g/mol. The molecule has 5 nitrogen and oxygen atoms in total. The number of fused-ring (bicyclic) bond motifs is 1. The maximum Gasteiger partial charge on any atom is 0.225 e. The average molecular weight is 472 g/mol. The van der Waals surface area contributed by atoms with Crippen LogP contribution >= 0.6 is 23.5 Å². The quantitative estimate of drug-likeness (QED) is 0.376. The molecule has 1 fully saturated rings. The standard InChI is InChI=1S/C18H26N4.C7H8ClNS/c1-3-22(2)17-15-11-7-8-12-16(15)20-18(21-17)19-13-14-9-5-4-6-10-14;1-9-10-7-4-2-3-6(8)5-7/h7-8,11-12,14H,3-6,9-10,13H2,1-2H3,(H,19,20,21);2-5,9H,1H3. The summed E-state index contributed by atoms with van der Waals surface area (Å²) in [6.45, 7) is 4.07. The van der Waals surface area contributed by atoms with Crippen molar-refractivity contribution in [3.63, 3.8) is 0 Å². The molecule has 7 heteroatoms. The Morgan fingerprint density at radius 1 is 1.06 bits per heavy atom. The Morgan fingerprint density at radius 3 is 2.56 bits per heavy atom. The van der Waals surface area contributed by atoms with Gasteiger partial charge >= 0.3 is 0 Å². The van der Waals surface area contributed by atoms with Gasteiger partial charge in [-0.05, 0) is 75.0 Å². The third-order valence-corrected chi connectivity index (χ3v) is 6.64. The number of benzene rings is 2. The summed E-state index contributed by atoms with van der Waals surface area (Å²) < 4.78 is 2.97. The van der Waals surface area contributed by atoms with Crippen LogP contribution < -0.4 is 14.9 Å². The van der Waals surface area contributed by atoms with Crippen molar-refractivity contribution in [3.05, 3.63) is 53.6 Å². The van der Waals surface area contributed by atoms with E-state index in [1.165, 1.54) is 32.1 Å². The first-order valence-corrected chi connectivity index (χ1v) is 12.6. The molecule has 0 radical (unpaired) electrons. The van der Waals surface area contributed by atoms with E-state index in [1.54, 1.807) is 11.9 Å². The van der Waals surface area contributed by atoms with Gasteiger partial charge in [-0.1, -0.05) is 49.1 Å². The number of anilines is 2. The third kappa shape index (κ3) is 7.26. The highest BCUT2D eigenvalue weighted by molar-refractivity contribution is 7.97. The summed E-state index contributed by atoms with van der Waals surface area (Å²) in [5.74, 6) is 2.55. The third-order valence-electron chi connectivity index (χ3n) is 5.71. The lowest BCUT2D eigenvalue weighted by molar-refractivity contribution is 0.373. The molecule has 0 aliphatic heterocycles. The Bertz CT molecular complexity index is 977. The molecule has 2 aromatic carbocycles. The molecular formula is C25H34ClN5S. The Kier molecular flexibility index (Phi) is 9.90. The maximum atomic E-state index is 5.74.